The van der Waals surface area contributed by atoms with Crippen molar-refractivity contribution in [3.05, 3.63) is 35.1 Å². The van der Waals surface area contributed by atoms with Crippen molar-refractivity contribution in [3.8, 4) is 0 Å². The van der Waals surface area contributed by atoms with Gasteiger partial charge in [0, 0.05) is 24.7 Å². The van der Waals surface area contributed by atoms with E-state index in [4.69, 9.17) is 5.73 Å². The number of benzene rings is 1. The van der Waals surface area contributed by atoms with E-state index in [2.05, 4.69) is 0 Å². The molecule has 2 N–H and O–H groups in total. The third-order valence-corrected chi connectivity index (χ3v) is 3.59. The van der Waals surface area contributed by atoms with Gasteiger partial charge in [-0.2, -0.15) is 0 Å². The highest BCUT2D eigenvalue weighted by Crippen LogP contribution is 2.21. The van der Waals surface area contributed by atoms with Gasteiger partial charge in [0.25, 0.3) is 5.91 Å². The Morgan fingerprint density at radius 3 is 3.00 bits per heavy atom. The van der Waals surface area contributed by atoms with E-state index < -0.39 is 0 Å². The molecular weight excluding hydrogens is 231 g/mol. The van der Waals surface area contributed by atoms with Crippen LogP contribution in [0, 0.1) is 12.7 Å². The molecule has 1 atom stereocenters. The number of carbonyl (C=O) groups excluding carboxylic acids is 1. The second-order valence-corrected chi connectivity index (χ2v) is 4.84. The highest BCUT2D eigenvalue weighted by molar-refractivity contribution is 5.95. The fourth-order valence-corrected chi connectivity index (χ4v) is 2.49. The summed E-state index contributed by atoms with van der Waals surface area (Å²) >= 11 is 0. The van der Waals surface area contributed by atoms with Gasteiger partial charge >= 0.3 is 0 Å². The Hall–Kier alpha value is -1.42. The standard InChI is InChI=1S/C14H19FN2O/c1-10-5-6-11(15)8-13(10)14(18)17-7-3-2-4-12(17)9-16/h5-6,8,12H,2-4,7,9,16H2,1H3. The van der Waals surface area contributed by atoms with Crippen molar-refractivity contribution < 1.29 is 9.18 Å². The number of halogens is 1. The van der Waals surface area contributed by atoms with Crippen LogP contribution in [0.2, 0.25) is 0 Å². The van der Waals surface area contributed by atoms with Gasteiger partial charge in [0.05, 0.1) is 0 Å². The van der Waals surface area contributed by atoms with Crippen LogP contribution in [0.3, 0.4) is 0 Å². The Labute approximate surface area is 107 Å². The Morgan fingerprint density at radius 2 is 2.28 bits per heavy atom. The Bertz CT molecular complexity index is 447. The van der Waals surface area contributed by atoms with Crippen molar-refractivity contribution in [1.29, 1.82) is 0 Å². The number of likely N-dealkylation sites (tertiary alicyclic amines) is 1. The molecule has 2 rings (SSSR count). The fraction of sp³-hybridized carbons (Fsp3) is 0.500. The molecule has 98 valence electrons. The molecule has 0 saturated carbocycles. The lowest BCUT2D eigenvalue weighted by molar-refractivity contribution is 0.0622. The number of hydrogen-bond donors (Lipinski definition) is 1. The molecule has 3 nitrogen and oxygen atoms in total. The van der Waals surface area contributed by atoms with E-state index in [1.807, 2.05) is 6.92 Å². The van der Waals surface area contributed by atoms with Crippen molar-refractivity contribution in [3.63, 3.8) is 0 Å². The molecule has 1 aromatic carbocycles. The highest BCUT2D eigenvalue weighted by Gasteiger charge is 2.27. The minimum atomic E-state index is -0.370. The molecule has 1 aromatic rings. The Kier molecular flexibility index (Phi) is 3.97. The monoisotopic (exact) mass is 250 g/mol. The Balaban J connectivity index is 2.26. The molecule has 0 aliphatic carbocycles. The second-order valence-electron chi connectivity index (χ2n) is 4.84. The summed E-state index contributed by atoms with van der Waals surface area (Å²) in [4.78, 5) is 14.2. The third-order valence-electron chi connectivity index (χ3n) is 3.59. The van der Waals surface area contributed by atoms with Gasteiger partial charge in [-0.05, 0) is 43.9 Å². The molecule has 0 spiro atoms. The highest BCUT2D eigenvalue weighted by atomic mass is 19.1. The lowest BCUT2D eigenvalue weighted by Gasteiger charge is -2.35. The molecule has 1 aliphatic rings. The molecule has 1 unspecified atom stereocenters. The molecule has 0 radical (unpaired) electrons. The van der Waals surface area contributed by atoms with E-state index in [1.165, 1.54) is 12.1 Å². The van der Waals surface area contributed by atoms with E-state index in [1.54, 1.807) is 11.0 Å². The SMILES string of the molecule is Cc1ccc(F)cc1C(=O)N1CCCCC1CN. The zero-order valence-corrected chi connectivity index (χ0v) is 10.7. The number of nitrogens with two attached hydrogens (primary N) is 1. The van der Waals surface area contributed by atoms with E-state index in [0.717, 1.165) is 31.4 Å². The van der Waals surface area contributed by atoms with Crippen molar-refractivity contribution >= 4 is 5.91 Å². The maximum atomic E-state index is 13.3. The predicted molar refractivity (Wildman–Crippen MR) is 68.9 cm³/mol. The van der Waals surface area contributed by atoms with Crippen molar-refractivity contribution in [2.24, 2.45) is 5.73 Å². The van der Waals surface area contributed by atoms with Gasteiger partial charge in [-0.1, -0.05) is 6.07 Å². The average Bonchev–Trinajstić information content (AvgIpc) is 2.40. The third kappa shape index (κ3) is 2.53. The normalized spacial score (nSPS) is 19.9. The van der Waals surface area contributed by atoms with Gasteiger partial charge in [-0.15, -0.1) is 0 Å². The first kappa shape index (κ1) is 13.0. The van der Waals surface area contributed by atoms with Gasteiger partial charge in [-0.3, -0.25) is 4.79 Å². The van der Waals surface area contributed by atoms with E-state index in [-0.39, 0.29) is 17.8 Å². The first-order valence-electron chi connectivity index (χ1n) is 6.40. The Morgan fingerprint density at radius 1 is 1.50 bits per heavy atom. The molecule has 1 saturated heterocycles. The summed E-state index contributed by atoms with van der Waals surface area (Å²) in [6, 6.07) is 4.43. The minimum Gasteiger partial charge on any atom is -0.334 e. The lowest BCUT2D eigenvalue weighted by Crippen LogP contribution is -2.47. The van der Waals surface area contributed by atoms with Crippen LogP contribution >= 0.6 is 0 Å². The van der Waals surface area contributed by atoms with Crippen LogP contribution < -0.4 is 5.73 Å². The summed E-state index contributed by atoms with van der Waals surface area (Å²) < 4.78 is 13.3. The summed E-state index contributed by atoms with van der Waals surface area (Å²) in [6.45, 7) is 3.02. The summed E-state index contributed by atoms with van der Waals surface area (Å²) in [5.41, 5.74) is 6.97. The second kappa shape index (κ2) is 5.48. The summed E-state index contributed by atoms with van der Waals surface area (Å²) in [7, 11) is 0. The van der Waals surface area contributed by atoms with Gasteiger partial charge in [-0.25, -0.2) is 4.39 Å². The molecule has 1 aliphatic heterocycles. The van der Waals surface area contributed by atoms with Crippen LogP contribution in [0.4, 0.5) is 4.39 Å². The van der Waals surface area contributed by atoms with E-state index in [9.17, 15) is 9.18 Å². The van der Waals surface area contributed by atoms with E-state index in [0.29, 0.717) is 12.1 Å². The van der Waals surface area contributed by atoms with Gasteiger partial charge in [0.1, 0.15) is 5.82 Å². The van der Waals surface area contributed by atoms with Crippen LogP contribution in [0.25, 0.3) is 0 Å². The fourth-order valence-electron chi connectivity index (χ4n) is 2.49. The first-order valence-corrected chi connectivity index (χ1v) is 6.40. The number of piperidine rings is 1. The predicted octanol–water partition coefficient (Wildman–Crippen LogP) is 2.09. The number of aryl methyl sites for hydroxylation is 1. The van der Waals surface area contributed by atoms with E-state index >= 15 is 0 Å². The maximum absolute atomic E-state index is 13.3. The summed E-state index contributed by atoms with van der Waals surface area (Å²) in [5.74, 6) is -0.465. The van der Waals surface area contributed by atoms with Crippen LogP contribution in [0.1, 0.15) is 35.2 Å². The molecule has 4 heteroatoms. The van der Waals surface area contributed by atoms with Crippen LogP contribution in [0.15, 0.2) is 18.2 Å². The molecular formula is C14H19FN2O. The topological polar surface area (TPSA) is 46.3 Å². The zero-order valence-electron chi connectivity index (χ0n) is 10.7. The smallest absolute Gasteiger partial charge is 0.254 e. The minimum absolute atomic E-state index is 0.0916. The van der Waals surface area contributed by atoms with Crippen molar-refractivity contribution in [1.82, 2.24) is 4.90 Å². The van der Waals surface area contributed by atoms with Crippen LogP contribution in [-0.2, 0) is 0 Å². The number of nitrogens with zero attached hydrogens (tertiary/aromatic N) is 1. The van der Waals surface area contributed by atoms with Crippen molar-refractivity contribution in [2.75, 3.05) is 13.1 Å². The number of carbonyl (C=O) groups is 1. The van der Waals surface area contributed by atoms with Crippen molar-refractivity contribution in [2.45, 2.75) is 32.2 Å². The zero-order chi connectivity index (χ0) is 13.1. The first-order chi connectivity index (χ1) is 8.63. The maximum Gasteiger partial charge on any atom is 0.254 e. The van der Waals surface area contributed by atoms with Gasteiger partial charge in [0.15, 0.2) is 0 Å². The molecule has 1 fully saturated rings. The molecule has 1 amide bonds. The molecule has 0 bridgehead atoms. The quantitative estimate of drug-likeness (QED) is 0.873. The lowest BCUT2D eigenvalue weighted by atomic mass is 9.99. The number of rotatable bonds is 2. The number of amides is 1. The summed E-state index contributed by atoms with van der Waals surface area (Å²) in [6.07, 6.45) is 3.04. The van der Waals surface area contributed by atoms with Gasteiger partial charge < -0.3 is 10.6 Å². The largest absolute Gasteiger partial charge is 0.334 e. The van der Waals surface area contributed by atoms with Crippen LogP contribution in [-0.4, -0.2) is 29.9 Å². The molecule has 1 heterocycles. The molecule has 0 aromatic heterocycles. The van der Waals surface area contributed by atoms with Crippen LogP contribution in [0.5, 0.6) is 0 Å². The number of hydrogen-bond acceptors (Lipinski definition) is 2. The molecule has 18 heavy (non-hydrogen) atoms. The van der Waals surface area contributed by atoms with Gasteiger partial charge in [0.2, 0.25) is 0 Å². The summed E-state index contributed by atoms with van der Waals surface area (Å²) in [5, 5.41) is 0. The average molecular weight is 250 g/mol.